The first kappa shape index (κ1) is 43.4. The van der Waals surface area contributed by atoms with Gasteiger partial charge in [-0.3, -0.25) is 19.2 Å². The summed E-state index contributed by atoms with van der Waals surface area (Å²) in [6, 6.07) is 20.2. The number of amides is 4. The number of carbonyl (C=O) groups excluding carboxylic acids is 4. The number of benzene rings is 4. The van der Waals surface area contributed by atoms with E-state index in [0.29, 0.717) is 17.0 Å². The maximum absolute atomic E-state index is 13.5. The molecule has 4 amide bonds. The van der Waals surface area contributed by atoms with E-state index in [0.717, 1.165) is 117 Å². The van der Waals surface area contributed by atoms with Gasteiger partial charge in [0.2, 0.25) is 17.7 Å². The van der Waals surface area contributed by atoms with Crippen LogP contribution in [0.3, 0.4) is 0 Å². The van der Waals surface area contributed by atoms with Gasteiger partial charge < -0.3 is 25.2 Å². The quantitative estimate of drug-likeness (QED) is 0.163. The van der Waals surface area contributed by atoms with Gasteiger partial charge in [-0.1, -0.05) is 74.4 Å². The molecular weight excluding hydrogens is 812 g/mol. The summed E-state index contributed by atoms with van der Waals surface area (Å²) in [5.74, 6) is -3.94. The van der Waals surface area contributed by atoms with Crippen molar-refractivity contribution in [3.8, 4) is 5.75 Å². The number of hydrogen-bond donors (Lipinski definition) is 2. The van der Waals surface area contributed by atoms with Crippen molar-refractivity contribution in [3.63, 3.8) is 0 Å². The fourth-order valence-corrected chi connectivity index (χ4v) is 9.49. The Morgan fingerprint density at radius 3 is 1.69 bits per heavy atom. The first-order chi connectivity index (χ1) is 29.3. The van der Waals surface area contributed by atoms with Gasteiger partial charge in [-0.25, -0.2) is 17.6 Å². The molecule has 2 aliphatic carbocycles. The summed E-state index contributed by atoms with van der Waals surface area (Å²) in [4.78, 5) is 55.4. The fourth-order valence-electron chi connectivity index (χ4n) is 9.37. The third kappa shape index (κ3) is 9.93. The molecule has 61 heavy (non-hydrogen) atoms. The molecule has 9 nitrogen and oxygen atoms in total. The van der Waals surface area contributed by atoms with E-state index >= 15 is 0 Å². The van der Waals surface area contributed by atoms with Gasteiger partial charge in [0.25, 0.3) is 5.91 Å². The Kier molecular flexibility index (Phi) is 13.2. The summed E-state index contributed by atoms with van der Waals surface area (Å²) in [6.45, 7) is -0.325. The van der Waals surface area contributed by atoms with Gasteiger partial charge in [-0.15, -0.1) is 0 Å². The van der Waals surface area contributed by atoms with Crippen LogP contribution in [0.5, 0.6) is 5.75 Å². The topological polar surface area (TPSA) is 108 Å². The van der Waals surface area contributed by atoms with Crippen molar-refractivity contribution in [2.45, 2.75) is 87.6 Å². The lowest BCUT2D eigenvalue weighted by atomic mass is 9.77. The zero-order valence-corrected chi connectivity index (χ0v) is 34.5. The third-order valence-corrected chi connectivity index (χ3v) is 12.5. The van der Waals surface area contributed by atoms with E-state index in [1.165, 1.54) is 0 Å². The Morgan fingerprint density at radius 2 is 1.18 bits per heavy atom. The first-order valence-corrected chi connectivity index (χ1v) is 20.9. The van der Waals surface area contributed by atoms with Crippen molar-refractivity contribution in [2.24, 2.45) is 0 Å². The summed E-state index contributed by atoms with van der Waals surface area (Å²) < 4.78 is 59.0. The van der Waals surface area contributed by atoms with Gasteiger partial charge in [-0.2, -0.15) is 0 Å². The maximum Gasteiger partial charge on any atom is 0.255 e. The standard InChI is InChI=1S/C24H26F2N2O3.C23H21ClF2N2O2/c1-31-20-7-5-16(6-8-20)21-14-24(9-3-2-4-10-24)28(23(21)30)15-22(29)27-19-12-17(25)11-18(26)13-19;24-16-6-4-15(5-7-16)20-13-23(8-2-1-3-9-23)28(22(20)30)14-21(29)27-19-11-17(25)10-18(26)12-19/h5-8,11-13,21H,2-4,9-10,14-15H2,1H3,(H,27,29);4-7,10-13H,1-3,8-9,14H2,(H,27,29). The number of nitrogens with one attached hydrogen (secondary N) is 2. The van der Waals surface area contributed by atoms with Crippen LogP contribution in [0.15, 0.2) is 91.0 Å². The Balaban J connectivity index is 0.000000184. The van der Waals surface area contributed by atoms with Crippen molar-refractivity contribution in [2.75, 3.05) is 30.8 Å². The molecule has 4 aromatic carbocycles. The second-order valence-corrected chi connectivity index (χ2v) is 16.7. The molecule has 1 atom stereocenters. The third-order valence-electron chi connectivity index (χ3n) is 12.2. The number of anilines is 2. The molecule has 1 saturated heterocycles. The van der Waals surface area contributed by atoms with Crippen LogP contribution in [0.4, 0.5) is 28.9 Å². The second-order valence-electron chi connectivity index (χ2n) is 16.3. The molecule has 2 saturated carbocycles. The Morgan fingerprint density at radius 1 is 0.689 bits per heavy atom. The van der Waals surface area contributed by atoms with Crippen molar-refractivity contribution in [3.05, 3.63) is 130 Å². The normalized spacial score (nSPS) is 19.0. The maximum atomic E-state index is 13.5. The van der Waals surface area contributed by atoms with Crippen molar-refractivity contribution < 1.29 is 41.5 Å². The highest BCUT2D eigenvalue weighted by Crippen LogP contribution is 2.48. The largest absolute Gasteiger partial charge is 0.497 e. The molecule has 2 N–H and O–H groups in total. The monoisotopic (exact) mass is 858 g/mol. The van der Waals surface area contributed by atoms with Crippen LogP contribution >= 0.6 is 11.6 Å². The molecule has 3 fully saturated rings. The SMILES string of the molecule is COc1ccc(C2CC3(CCCCC3)N(CC(=O)Nc3cc(F)cc(F)c3)C2=O)cc1.O=C(CN1C(=O)C(c2ccc(Cl)cc2)=CC12CCCCC2)Nc1cc(F)cc(F)c1. The Hall–Kier alpha value is -5.69. The predicted molar refractivity (Wildman–Crippen MR) is 225 cm³/mol. The zero-order valence-electron chi connectivity index (χ0n) is 33.8. The summed E-state index contributed by atoms with van der Waals surface area (Å²) in [5, 5.41) is 5.61. The molecule has 0 radical (unpaired) electrons. The number of hydrogen-bond acceptors (Lipinski definition) is 5. The molecule has 8 rings (SSSR count). The van der Waals surface area contributed by atoms with Gasteiger partial charge in [0, 0.05) is 39.6 Å². The first-order valence-electron chi connectivity index (χ1n) is 20.5. The van der Waals surface area contributed by atoms with Crippen LogP contribution < -0.4 is 15.4 Å². The van der Waals surface area contributed by atoms with E-state index in [-0.39, 0.29) is 47.7 Å². The highest BCUT2D eigenvalue weighted by molar-refractivity contribution is 6.30. The molecule has 4 aromatic rings. The summed E-state index contributed by atoms with van der Waals surface area (Å²) in [6.07, 6.45) is 12.1. The van der Waals surface area contributed by atoms with Crippen LogP contribution in [0.25, 0.3) is 5.57 Å². The van der Waals surface area contributed by atoms with Crippen molar-refractivity contribution in [1.29, 1.82) is 0 Å². The lowest BCUT2D eigenvalue weighted by Crippen LogP contribution is -2.50. The molecule has 14 heteroatoms. The molecule has 320 valence electrons. The van der Waals surface area contributed by atoms with Crippen LogP contribution in [0.1, 0.15) is 87.7 Å². The second kappa shape index (κ2) is 18.5. The Labute approximate surface area is 357 Å². The Bertz CT molecular complexity index is 2270. The average Bonchev–Trinajstić information content (AvgIpc) is 3.62. The van der Waals surface area contributed by atoms with Crippen LogP contribution in [-0.4, -0.2) is 64.7 Å². The van der Waals surface area contributed by atoms with Crippen molar-refractivity contribution >= 4 is 52.2 Å². The molecule has 2 spiro atoms. The molecule has 2 aliphatic heterocycles. The smallest absolute Gasteiger partial charge is 0.255 e. The highest BCUT2D eigenvalue weighted by Gasteiger charge is 2.52. The van der Waals surface area contributed by atoms with Gasteiger partial charge in [0.1, 0.15) is 42.1 Å². The number of halogens is 5. The molecular formula is C47H47ClF4N4O5. The van der Waals surface area contributed by atoms with E-state index in [4.69, 9.17) is 16.3 Å². The summed E-state index contributed by atoms with van der Waals surface area (Å²) in [5.41, 5.74) is 1.40. The van der Waals surface area contributed by atoms with E-state index in [1.807, 2.05) is 30.3 Å². The number of nitrogens with zero attached hydrogens (tertiary/aromatic N) is 2. The van der Waals surface area contributed by atoms with E-state index in [2.05, 4.69) is 10.6 Å². The van der Waals surface area contributed by atoms with Crippen LogP contribution in [-0.2, 0) is 19.2 Å². The predicted octanol–water partition coefficient (Wildman–Crippen LogP) is 9.82. The molecule has 0 bridgehead atoms. The van der Waals surface area contributed by atoms with Gasteiger partial charge in [0.15, 0.2) is 0 Å². The summed E-state index contributed by atoms with van der Waals surface area (Å²) in [7, 11) is 1.59. The minimum absolute atomic E-state index is 0.0210. The number of ether oxygens (including phenoxy) is 1. The highest BCUT2D eigenvalue weighted by atomic mass is 35.5. The van der Waals surface area contributed by atoms with Gasteiger partial charge >= 0.3 is 0 Å². The van der Waals surface area contributed by atoms with Gasteiger partial charge in [-0.05, 0) is 97.8 Å². The lowest BCUT2D eigenvalue weighted by molar-refractivity contribution is -0.137. The summed E-state index contributed by atoms with van der Waals surface area (Å²) >= 11 is 5.97. The fraction of sp³-hybridized carbons (Fsp3) is 0.362. The molecule has 0 aromatic heterocycles. The number of methoxy groups -OCH3 is 1. The molecule has 1 unspecified atom stereocenters. The lowest BCUT2D eigenvalue weighted by Gasteiger charge is -2.41. The van der Waals surface area contributed by atoms with Crippen LogP contribution in [0, 0.1) is 23.3 Å². The van der Waals surface area contributed by atoms with Crippen LogP contribution in [0.2, 0.25) is 5.02 Å². The number of rotatable bonds is 9. The average molecular weight is 859 g/mol. The van der Waals surface area contributed by atoms with E-state index in [1.54, 1.807) is 41.2 Å². The van der Waals surface area contributed by atoms with Gasteiger partial charge in [0.05, 0.1) is 18.6 Å². The zero-order chi connectivity index (χ0) is 43.3. The number of likely N-dealkylation sites (tertiary alicyclic amines) is 1. The molecule has 4 aliphatic rings. The van der Waals surface area contributed by atoms with Crippen molar-refractivity contribution in [1.82, 2.24) is 9.80 Å². The molecule has 2 heterocycles. The number of carbonyl (C=O) groups is 4. The van der Waals surface area contributed by atoms with E-state index in [9.17, 15) is 36.7 Å². The minimum Gasteiger partial charge on any atom is -0.497 e. The van der Waals surface area contributed by atoms with E-state index < -0.39 is 40.6 Å². The minimum atomic E-state index is -0.780.